The van der Waals surface area contributed by atoms with Crippen molar-refractivity contribution in [1.29, 1.82) is 0 Å². The Morgan fingerprint density at radius 1 is 1.64 bits per heavy atom. The van der Waals surface area contributed by atoms with Gasteiger partial charge in [0.1, 0.15) is 0 Å². The van der Waals surface area contributed by atoms with Gasteiger partial charge in [-0.1, -0.05) is 0 Å². The minimum absolute atomic E-state index is 0.633. The summed E-state index contributed by atoms with van der Waals surface area (Å²) >= 11 is 0. The van der Waals surface area contributed by atoms with Crippen molar-refractivity contribution in [3.8, 4) is 0 Å². The molecule has 0 heterocycles. The predicted octanol–water partition coefficient (Wildman–Crippen LogP) is 0.523. The molecular formula is C5H11NO4P+. The minimum atomic E-state index is -2.06. The third-order valence-corrected chi connectivity index (χ3v) is 2.13. The number of nitrogens with two attached hydrogens (primary N) is 1. The Hall–Kier alpha value is -0.510. The van der Waals surface area contributed by atoms with Gasteiger partial charge in [-0.15, -0.1) is 4.52 Å². The first kappa shape index (κ1) is 10.5. The van der Waals surface area contributed by atoms with Gasteiger partial charge in [0.25, 0.3) is 0 Å². The van der Waals surface area contributed by atoms with E-state index in [1.165, 1.54) is 13.8 Å². The summed E-state index contributed by atoms with van der Waals surface area (Å²) in [4.78, 5) is 10.2. The van der Waals surface area contributed by atoms with E-state index in [4.69, 9.17) is 10.8 Å². The largest absolute Gasteiger partial charge is 0.527 e. The van der Waals surface area contributed by atoms with Crippen LogP contribution in [0.25, 0.3) is 0 Å². The monoisotopic (exact) mass is 180 g/mol. The Kier molecular flexibility index (Phi) is 4.18. The first-order chi connectivity index (χ1) is 4.95. The lowest BCUT2D eigenvalue weighted by Gasteiger charge is -1.97. The molecule has 1 unspecified atom stereocenters. The molecule has 5 nitrogen and oxygen atoms in total. The van der Waals surface area contributed by atoms with E-state index < -0.39 is 25.9 Å². The molecular weight excluding hydrogens is 169 g/mol. The summed E-state index contributed by atoms with van der Waals surface area (Å²) in [6, 6.07) is 0. The topological polar surface area (TPSA) is 89.6 Å². The Morgan fingerprint density at radius 2 is 2.09 bits per heavy atom. The molecule has 3 atom stereocenters. The van der Waals surface area contributed by atoms with Crippen molar-refractivity contribution in [1.82, 2.24) is 0 Å². The molecule has 0 spiro atoms. The number of hydrogen-bond acceptors (Lipinski definition) is 4. The SMILES string of the molecule is C[C@@H](O[P+](=O)[C@@H](C)N)C(=O)O. The highest BCUT2D eigenvalue weighted by Crippen LogP contribution is 2.27. The van der Waals surface area contributed by atoms with E-state index in [2.05, 4.69) is 4.52 Å². The Morgan fingerprint density at radius 3 is 2.36 bits per heavy atom. The van der Waals surface area contributed by atoms with Crippen molar-refractivity contribution in [2.45, 2.75) is 25.7 Å². The van der Waals surface area contributed by atoms with E-state index in [9.17, 15) is 9.36 Å². The van der Waals surface area contributed by atoms with Gasteiger partial charge in [-0.05, 0) is 18.4 Å². The fraction of sp³-hybridized carbons (Fsp3) is 0.800. The lowest BCUT2D eigenvalue weighted by Crippen LogP contribution is -2.20. The third kappa shape index (κ3) is 4.03. The number of carbonyl (C=O) groups is 1. The zero-order chi connectivity index (χ0) is 9.02. The van der Waals surface area contributed by atoms with E-state index in [0.717, 1.165) is 0 Å². The van der Waals surface area contributed by atoms with Crippen molar-refractivity contribution in [2.75, 3.05) is 0 Å². The van der Waals surface area contributed by atoms with Crippen LogP contribution in [-0.2, 0) is 13.9 Å². The van der Waals surface area contributed by atoms with Gasteiger partial charge < -0.3 is 5.11 Å². The Bertz CT molecular complexity index is 170. The molecule has 0 aliphatic carbocycles. The summed E-state index contributed by atoms with van der Waals surface area (Å²) in [6.07, 6.45) is -1.07. The summed E-state index contributed by atoms with van der Waals surface area (Å²) in [5.41, 5.74) is 5.18. The van der Waals surface area contributed by atoms with Crippen LogP contribution in [0, 0.1) is 0 Å². The molecule has 0 saturated carbocycles. The average Bonchev–Trinajstić information content (AvgIpc) is 1.87. The predicted molar refractivity (Wildman–Crippen MR) is 39.4 cm³/mol. The number of carboxylic acid groups (broad SMARTS) is 1. The number of hydrogen-bond donors (Lipinski definition) is 2. The Balaban J connectivity index is 3.85. The lowest BCUT2D eigenvalue weighted by atomic mass is 10.4. The fourth-order valence-electron chi connectivity index (χ4n) is 0.297. The maximum Gasteiger partial charge on any atom is 0.527 e. The molecule has 64 valence electrons. The third-order valence-electron chi connectivity index (χ3n) is 0.942. The van der Waals surface area contributed by atoms with E-state index in [0.29, 0.717) is 0 Å². The first-order valence-corrected chi connectivity index (χ1v) is 4.31. The number of rotatable bonds is 4. The van der Waals surface area contributed by atoms with Crippen LogP contribution < -0.4 is 5.73 Å². The zero-order valence-electron chi connectivity index (χ0n) is 6.35. The average molecular weight is 180 g/mol. The minimum Gasteiger partial charge on any atom is -0.479 e. The first-order valence-electron chi connectivity index (χ1n) is 3.06. The van der Waals surface area contributed by atoms with E-state index >= 15 is 0 Å². The normalized spacial score (nSPS) is 17.2. The molecule has 11 heavy (non-hydrogen) atoms. The van der Waals surface area contributed by atoms with Crippen LogP contribution in [0.4, 0.5) is 0 Å². The van der Waals surface area contributed by atoms with Crippen LogP contribution >= 0.6 is 8.03 Å². The van der Waals surface area contributed by atoms with E-state index in [1.807, 2.05) is 0 Å². The molecule has 3 N–H and O–H groups in total. The van der Waals surface area contributed by atoms with Crippen LogP contribution in [0.15, 0.2) is 0 Å². The van der Waals surface area contributed by atoms with Gasteiger partial charge in [0.2, 0.25) is 11.9 Å². The van der Waals surface area contributed by atoms with Crippen molar-refractivity contribution in [2.24, 2.45) is 5.73 Å². The van der Waals surface area contributed by atoms with Gasteiger partial charge in [-0.2, -0.15) is 0 Å². The molecule has 0 radical (unpaired) electrons. The standard InChI is InChI=1S/C5H10NO4P/c1-3(5(7)8)10-11(9)4(2)6/h3-4H,6H2,1-2H3/p+1/t3-,4+/m1/s1. The molecule has 0 saturated heterocycles. The van der Waals surface area contributed by atoms with Gasteiger partial charge in [-0.3, -0.25) is 5.73 Å². The second-order valence-corrected chi connectivity index (χ2v) is 3.71. The molecule has 0 fully saturated rings. The smallest absolute Gasteiger partial charge is 0.479 e. The molecule has 0 aromatic heterocycles. The van der Waals surface area contributed by atoms with Crippen LogP contribution in [0.5, 0.6) is 0 Å². The van der Waals surface area contributed by atoms with Crippen LogP contribution in [0.2, 0.25) is 0 Å². The molecule has 0 aromatic carbocycles. The van der Waals surface area contributed by atoms with Crippen LogP contribution in [0.1, 0.15) is 13.8 Å². The van der Waals surface area contributed by atoms with Crippen molar-refractivity contribution < 1.29 is 19.0 Å². The summed E-state index contributed by atoms with van der Waals surface area (Å²) in [7, 11) is -2.06. The zero-order valence-corrected chi connectivity index (χ0v) is 7.25. The summed E-state index contributed by atoms with van der Waals surface area (Å²) in [5, 5.41) is 8.32. The second-order valence-electron chi connectivity index (χ2n) is 2.11. The number of carboxylic acids is 1. The van der Waals surface area contributed by atoms with Crippen molar-refractivity contribution in [3.05, 3.63) is 0 Å². The van der Waals surface area contributed by atoms with Gasteiger partial charge in [0.05, 0.1) is 0 Å². The molecule has 0 aliphatic rings. The van der Waals surface area contributed by atoms with Gasteiger partial charge in [0.15, 0.2) is 0 Å². The molecule has 0 amide bonds. The second kappa shape index (κ2) is 4.38. The number of aliphatic carboxylic acids is 1. The van der Waals surface area contributed by atoms with Gasteiger partial charge in [-0.25, -0.2) is 4.79 Å². The molecule has 0 aliphatic heterocycles. The van der Waals surface area contributed by atoms with Crippen LogP contribution in [-0.4, -0.2) is 23.0 Å². The summed E-state index contributed by atoms with van der Waals surface area (Å²) in [6.45, 7) is 2.80. The maximum atomic E-state index is 10.8. The lowest BCUT2D eigenvalue weighted by molar-refractivity contribution is -0.144. The summed E-state index contributed by atoms with van der Waals surface area (Å²) < 4.78 is 15.4. The van der Waals surface area contributed by atoms with E-state index in [-0.39, 0.29) is 0 Å². The highest BCUT2D eigenvalue weighted by molar-refractivity contribution is 7.39. The molecule has 0 aromatic rings. The fourth-order valence-corrected chi connectivity index (χ4v) is 0.891. The Labute approximate surface area is 65.4 Å². The van der Waals surface area contributed by atoms with Gasteiger partial charge >= 0.3 is 14.0 Å². The summed E-state index contributed by atoms with van der Waals surface area (Å²) in [5.74, 6) is -1.78. The quantitative estimate of drug-likeness (QED) is 0.615. The van der Waals surface area contributed by atoms with Gasteiger partial charge in [0, 0.05) is 0 Å². The molecule has 0 rings (SSSR count). The van der Waals surface area contributed by atoms with Crippen molar-refractivity contribution >= 4 is 14.0 Å². The highest BCUT2D eigenvalue weighted by Gasteiger charge is 2.30. The van der Waals surface area contributed by atoms with E-state index in [1.54, 1.807) is 0 Å². The maximum absolute atomic E-state index is 10.8. The van der Waals surface area contributed by atoms with Crippen LogP contribution in [0.3, 0.4) is 0 Å². The molecule has 0 bridgehead atoms. The highest BCUT2D eigenvalue weighted by atomic mass is 31.1. The van der Waals surface area contributed by atoms with Crippen molar-refractivity contribution in [3.63, 3.8) is 0 Å². The molecule has 6 heteroatoms.